The van der Waals surface area contributed by atoms with E-state index in [9.17, 15) is 5.11 Å². The number of hydrogen-bond donors (Lipinski definition) is 2. The molecule has 0 unspecified atom stereocenters. The first kappa shape index (κ1) is 22.9. The lowest BCUT2D eigenvalue weighted by Crippen LogP contribution is -2.56. The van der Waals surface area contributed by atoms with Crippen molar-refractivity contribution in [1.82, 2.24) is 10.3 Å². The molecule has 3 saturated carbocycles. The summed E-state index contributed by atoms with van der Waals surface area (Å²) in [6.07, 6.45) is 21.4. The van der Waals surface area contributed by atoms with Crippen LogP contribution in [-0.2, 0) is 4.74 Å². The lowest BCUT2D eigenvalue weighted by atomic mass is 9.58. The largest absolute Gasteiger partial charge is 0.389 e. The molecule has 6 atom stereocenters. The van der Waals surface area contributed by atoms with E-state index in [0.29, 0.717) is 17.9 Å². The normalized spacial score (nSPS) is 41.3. The van der Waals surface area contributed by atoms with Crippen molar-refractivity contribution in [3.05, 3.63) is 65.5 Å². The summed E-state index contributed by atoms with van der Waals surface area (Å²) < 4.78 is 7.47. The van der Waals surface area contributed by atoms with E-state index in [4.69, 9.17) is 4.74 Å². The number of allylic oxidation sites excluding steroid dienone is 1. The van der Waals surface area contributed by atoms with Gasteiger partial charge in [-0.3, -0.25) is 4.98 Å². The molecule has 6 aliphatic rings. The molecule has 8 rings (SSSR count). The first-order valence-corrected chi connectivity index (χ1v) is 14.8. The summed E-state index contributed by atoms with van der Waals surface area (Å²) in [5, 5.41) is 16.9. The zero-order chi connectivity index (χ0) is 24.9. The topological polar surface area (TPSA) is 54.4 Å². The monoisotopic (exact) mass is 496 g/mol. The van der Waals surface area contributed by atoms with E-state index in [1.807, 2.05) is 12.4 Å². The van der Waals surface area contributed by atoms with Crippen molar-refractivity contribution in [2.24, 2.45) is 11.3 Å². The van der Waals surface area contributed by atoms with Gasteiger partial charge < -0.3 is 15.2 Å². The van der Waals surface area contributed by atoms with Crippen LogP contribution in [0.5, 0.6) is 0 Å². The smallest absolute Gasteiger partial charge is 0.0974 e. The first-order valence-electron chi connectivity index (χ1n) is 14.8. The maximum Gasteiger partial charge on any atom is 0.0974 e. The average molecular weight is 497 g/mol. The van der Waals surface area contributed by atoms with Crippen LogP contribution in [0.15, 0.2) is 60.0 Å². The van der Waals surface area contributed by atoms with E-state index in [-0.39, 0.29) is 16.6 Å². The van der Waals surface area contributed by atoms with Gasteiger partial charge in [-0.15, -0.1) is 0 Å². The molecule has 0 radical (unpaired) electrons. The van der Waals surface area contributed by atoms with Gasteiger partial charge in [0.15, 0.2) is 0 Å². The van der Waals surface area contributed by atoms with Crippen LogP contribution in [0.25, 0.3) is 10.8 Å². The van der Waals surface area contributed by atoms with Crippen LogP contribution in [0.3, 0.4) is 0 Å². The number of hydrogen-bond acceptors (Lipinski definition) is 4. The van der Waals surface area contributed by atoms with Gasteiger partial charge in [-0.25, -0.2) is 0 Å². The third kappa shape index (κ3) is 3.22. The summed E-state index contributed by atoms with van der Waals surface area (Å²) in [4.78, 5) is 4.39. The van der Waals surface area contributed by atoms with Crippen LogP contribution in [0.4, 0.5) is 0 Å². The van der Waals surface area contributed by atoms with Gasteiger partial charge in [0.25, 0.3) is 0 Å². The Kier molecular flexibility index (Phi) is 4.82. The number of nitrogens with one attached hydrogen (secondary N) is 1. The highest BCUT2D eigenvalue weighted by Crippen LogP contribution is 2.69. The fourth-order valence-corrected chi connectivity index (χ4v) is 9.55. The Morgan fingerprint density at radius 2 is 2.00 bits per heavy atom. The molecule has 2 aliphatic heterocycles. The molecule has 37 heavy (non-hydrogen) atoms. The number of aliphatic hydroxyl groups is 1. The van der Waals surface area contributed by atoms with Crippen molar-refractivity contribution in [3.8, 4) is 0 Å². The minimum absolute atomic E-state index is 0.0968. The van der Waals surface area contributed by atoms with Crippen LogP contribution < -0.4 is 5.32 Å². The molecular formula is C33H40N2O2. The van der Waals surface area contributed by atoms with Crippen LogP contribution in [0.1, 0.15) is 89.0 Å². The average Bonchev–Trinajstić information content (AvgIpc) is 3.41. The third-order valence-electron chi connectivity index (χ3n) is 11.8. The van der Waals surface area contributed by atoms with E-state index in [1.165, 1.54) is 34.8 Å². The zero-order valence-electron chi connectivity index (χ0n) is 22.1. The second-order valence-corrected chi connectivity index (χ2v) is 13.6. The Morgan fingerprint density at radius 3 is 2.86 bits per heavy atom. The molecule has 2 N–H and O–H groups in total. The molecule has 2 aromatic rings. The Labute approximate surface area is 220 Å². The van der Waals surface area contributed by atoms with Crippen LogP contribution in [0, 0.1) is 11.3 Å². The highest BCUT2D eigenvalue weighted by Gasteiger charge is 2.66. The van der Waals surface area contributed by atoms with Gasteiger partial charge in [-0.05, 0) is 122 Å². The Morgan fingerprint density at radius 1 is 1.08 bits per heavy atom. The quantitative estimate of drug-likeness (QED) is 0.518. The van der Waals surface area contributed by atoms with Crippen molar-refractivity contribution >= 4 is 10.8 Å². The zero-order valence-corrected chi connectivity index (χ0v) is 22.1. The minimum atomic E-state index is -0.461. The van der Waals surface area contributed by atoms with E-state index in [0.717, 1.165) is 64.3 Å². The molecular weight excluding hydrogens is 456 g/mol. The van der Waals surface area contributed by atoms with E-state index >= 15 is 0 Å². The molecule has 2 bridgehead atoms. The number of aromatic nitrogens is 1. The van der Waals surface area contributed by atoms with E-state index in [1.54, 1.807) is 5.57 Å². The number of benzene rings is 1. The van der Waals surface area contributed by atoms with Crippen LogP contribution in [0.2, 0.25) is 0 Å². The van der Waals surface area contributed by atoms with Gasteiger partial charge in [0.1, 0.15) is 0 Å². The van der Waals surface area contributed by atoms with E-state index < -0.39 is 5.60 Å². The number of ether oxygens (including phenoxy) is 1. The molecule has 194 valence electrons. The maximum absolute atomic E-state index is 10.6. The standard InChI is InChI=1S/C33H40N2O2/c1-30-13-9-26-18-25-5-6-27(35-21-31(36)11-2-12-31)19-32(25)14-15-33(26,37-32)29(30)8-7-28(30)23-4-3-22-10-16-34-20-24(22)17-23/h3-4,9-10,16-18,20,27-29,35-36H,2,5-8,11-15,19,21H2,1H3/t27-,28-,29-,30-,32-,33-/m1/s1. The molecule has 4 nitrogen and oxygen atoms in total. The van der Waals surface area contributed by atoms with Crippen molar-refractivity contribution in [2.75, 3.05) is 6.54 Å². The number of fused-ring (bicyclic) bond motifs is 2. The number of nitrogens with zero attached hydrogens (tertiary/aromatic N) is 1. The molecule has 1 saturated heterocycles. The number of pyridine rings is 1. The summed E-state index contributed by atoms with van der Waals surface area (Å²) in [6, 6.07) is 9.63. The summed E-state index contributed by atoms with van der Waals surface area (Å²) in [5.41, 5.74) is 4.07. The van der Waals surface area contributed by atoms with E-state index in [2.05, 4.69) is 53.6 Å². The first-order chi connectivity index (χ1) is 17.9. The van der Waals surface area contributed by atoms with Gasteiger partial charge in [-0.1, -0.05) is 31.2 Å². The van der Waals surface area contributed by atoms with Crippen molar-refractivity contribution in [3.63, 3.8) is 0 Å². The van der Waals surface area contributed by atoms with Crippen LogP contribution >= 0.6 is 0 Å². The molecule has 4 heteroatoms. The van der Waals surface area contributed by atoms with Gasteiger partial charge in [0, 0.05) is 30.4 Å². The van der Waals surface area contributed by atoms with Gasteiger partial charge in [-0.2, -0.15) is 0 Å². The molecule has 4 fully saturated rings. The molecule has 1 aromatic heterocycles. The van der Waals surface area contributed by atoms with Crippen molar-refractivity contribution < 1.29 is 9.84 Å². The van der Waals surface area contributed by atoms with Crippen molar-refractivity contribution in [1.29, 1.82) is 0 Å². The highest BCUT2D eigenvalue weighted by molar-refractivity contribution is 5.82. The fourth-order valence-electron chi connectivity index (χ4n) is 9.55. The van der Waals surface area contributed by atoms with Gasteiger partial charge >= 0.3 is 0 Å². The highest BCUT2D eigenvalue weighted by atomic mass is 16.5. The molecule has 4 aliphatic carbocycles. The maximum atomic E-state index is 10.6. The van der Waals surface area contributed by atoms with Crippen molar-refractivity contribution in [2.45, 2.75) is 106 Å². The molecule has 0 amide bonds. The van der Waals surface area contributed by atoms with Gasteiger partial charge in [0.05, 0.1) is 16.8 Å². The Balaban J connectivity index is 1.09. The fraction of sp³-hybridized carbons (Fsp3) is 0.606. The lowest BCUT2D eigenvalue weighted by molar-refractivity contribution is -0.137. The summed E-state index contributed by atoms with van der Waals surface area (Å²) in [7, 11) is 0. The second kappa shape index (κ2) is 7.77. The lowest BCUT2D eigenvalue weighted by Gasteiger charge is -2.54. The third-order valence-corrected chi connectivity index (χ3v) is 11.8. The second-order valence-electron chi connectivity index (χ2n) is 13.6. The Hall–Kier alpha value is -2.01. The molecule has 2 spiro atoms. The summed E-state index contributed by atoms with van der Waals surface area (Å²) in [6.45, 7) is 3.30. The SMILES string of the molecule is C[C@]12CC=C3C=C4CC[C@@H](NCC5(O)CCC5)C[C@]45CC[C@]3(O5)[C@@H]1CC[C@@H]2c1ccc2ccncc2c1. The predicted octanol–water partition coefficient (Wildman–Crippen LogP) is 6.35. The summed E-state index contributed by atoms with van der Waals surface area (Å²) in [5.74, 6) is 1.12. The van der Waals surface area contributed by atoms with Crippen LogP contribution in [-0.4, -0.2) is 39.5 Å². The summed E-state index contributed by atoms with van der Waals surface area (Å²) >= 11 is 0. The minimum Gasteiger partial charge on any atom is -0.389 e. The number of rotatable bonds is 4. The predicted molar refractivity (Wildman–Crippen MR) is 146 cm³/mol. The molecule has 1 aromatic carbocycles. The Bertz CT molecular complexity index is 1330. The molecule has 3 heterocycles. The van der Waals surface area contributed by atoms with Gasteiger partial charge in [0.2, 0.25) is 0 Å².